The first-order valence-corrected chi connectivity index (χ1v) is 4.75. The second kappa shape index (κ2) is 4.71. The van der Waals surface area contributed by atoms with Crippen LogP contribution in [0.5, 0.6) is 0 Å². The number of halogens is 3. The molecule has 4 nitrogen and oxygen atoms in total. The van der Waals surface area contributed by atoms with Gasteiger partial charge in [0.1, 0.15) is 11.8 Å². The molecule has 0 bridgehead atoms. The minimum absolute atomic E-state index is 0.0653. The lowest BCUT2D eigenvalue weighted by Crippen LogP contribution is -2.02. The highest BCUT2D eigenvalue weighted by molar-refractivity contribution is 5.54. The first-order valence-electron chi connectivity index (χ1n) is 4.75. The van der Waals surface area contributed by atoms with Crippen LogP contribution < -0.4 is 5.32 Å². The fourth-order valence-corrected chi connectivity index (χ4v) is 1.22. The summed E-state index contributed by atoms with van der Waals surface area (Å²) in [5, 5.41) is 11.0. The summed E-state index contributed by atoms with van der Waals surface area (Å²) < 4.78 is 39.0. The number of rotatable bonds is 2. The maximum Gasteiger partial charge on any atom is 0.228 e. The van der Waals surface area contributed by atoms with Crippen LogP contribution in [0.15, 0.2) is 24.4 Å². The zero-order chi connectivity index (χ0) is 13.1. The van der Waals surface area contributed by atoms with Gasteiger partial charge in [0.2, 0.25) is 5.95 Å². The van der Waals surface area contributed by atoms with Crippen LogP contribution in [-0.4, -0.2) is 9.97 Å². The molecule has 1 N–H and O–H groups in total. The Kier molecular flexibility index (Phi) is 3.10. The molecule has 7 heteroatoms. The standard InChI is InChI=1S/C11H5F3N4/c12-7-1-2-8(10(14)9(7)13)18-11-16-4-3-6(5-15)17-11/h1-4H,(H,16,17,18). The summed E-state index contributed by atoms with van der Waals surface area (Å²) in [5.41, 5.74) is -0.250. The SMILES string of the molecule is N#Cc1ccnc(Nc2ccc(F)c(F)c2F)n1. The van der Waals surface area contributed by atoms with Crippen LogP contribution >= 0.6 is 0 Å². The van der Waals surface area contributed by atoms with Crippen molar-refractivity contribution in [2.45, 2.75) is 0 Å². The van der Waals surface area contributed by atoms with Crippen molar-refractivity contribution in [3.63, 3.8) is 0 Å². The third-order valence-electron chi connectivity index (χ3n) is 2.05. The number of nitrogens with zero attached hydrogens (tertiary/aromatic N) is 3. The van der Waals surface area contributed by atoms with Crippen molar-refractivity contribution < 1.29 is 13.2 Å². The summed E-state index contributed by atoms with van der Waals surface area (Å²) in [5.74, 6) is -4.33. The summed E-state index contributed by atoms with van der Waals surface area (Å²) in [7, 11) is 0. The first kappa shape index (κ1) is 11.9. The molecule has 0 spiro atoms. The average molecular weight is 250 g/mol. The zero-order valence-corrected chi connectivity index (χ0v) is 8.78. The van der Waals surface area contributed by atoms with E-state index in [0.717, 1.165) is 12.1 Å². The largest absolute Gasteiger partial charge is 0.322 e. The van der Waals surface area contributed by atoms with Crippen molar-refractivity contribution in [2.75, 3.05) is 5.32 Å². The number of anilines is 2. The Labute approximate surface area is 99.7 Å². The Morgan fingerprint density at radius 1 is 1.11 bits per heavy atom. The lowest BCUT2D eigenvalue weighted by atomic mass is 10.3. The van der Waals surface area contributed by atoms with Gasteiger partial charge in [0.15, 0.2) is 17.5 Å². The molecule has 0 saturated heterocycles. The molecule has 0 atom stereocenters. The molecule has 0 fully saturated rings. The highest BCUT2D eigenvalue weighted by Crippen LogP contribution is 2.21. The highest BCUT2D eigenvalue weighted by atomic mass is 19.2. The van der Waals surface area contributed by atoms with Crippen LogP contribution in [0, 0.1) is 28.8 Å². The third kappa shape index (κ3) is 2.22. The molecule has 1 heterocycles. The van der Waals surface area contributed by atoms with Crippen LogP contribution in [0.3, 0.4) is 0 Å². The summed E-state index contributed by atoms with van der Waals surface area (Å²) in [4.78, 5) is 7.43. The molecule has 0 unspecified atom stereocenters. The van der Waals surface area contributed by atoms with E-state index in [4.69, 9.17) is 5.26 Å². The van der Waals surface area contributed by atoms with Crippen molar-refractivity contribution in [3.05, 3.63) is 47.5 Å². The summed E-state index contributed by atoms with van der Waals surface area (Å²) >= 11 is 0. The molecular formula is C11H5F3N4. The van der Waals surface area contributed by atoms with Gasteiger partial charge in [0.25, 0.3) is 0 Å². The number of benzene rings is 1. The normalized spacial score (nSPS) is 9.89. The van der Waals surface area contributed by atoms with Crippen LogP contribution in [-0.2, 0) is 0 Å². The molecule has 1 aromatic carbocycles. The number of hydrogen-bond acceptors (Lipinski definition) is 4. The first-order chi connectivity index (χ1) is 8.61. The van der Waals surface area contributed by atoms with Crippen LogP contribution in [0.1, 0.15) is 5.69 Å². The summed E-state index contributed by atoms with van der Waals surface area (Å²) in [6.45, 7) is 0. The number of nitriles is 1. The summed E-state index contributed by atoms with van der Waals surface area (Å²) in [6.07, 6.45) is 1.28. The molecule has 0 saturated carbocycles. The molecule has 0 radical (unpaired) electrons. The maximum absolute atomic E-state index is 13.3. The average Bonchev–Trinajstić information content (AvgIpc) is 2.40. The van der Waals surface area contributed by atoms with E-state index >= 15 is 0 Å². The van der Waals surface area contributed by atoms with Gasteiger partial charge in [-0.05, 0) is 18.2 Å². The topological polar surface area (TPSA) is 61.6 Å². The van der Waals surface area contributed by atoms with Gasteiger partial charge in [0.05, 0.1) is 5.69 Å². The third-order valence-corrected chi connectivity index (χ3v) is 2.05. The van der Waals surface area contributed by atoms with Gasteiger partial charge in [-0.1, -0.05) is 0 Å². The molecule has 2 rings (SSSR count). The van der Waals surface area contributed by atoms with Crippen molar-refractivity contribution in [1.82, 2.24) is 9.97 Å². The Morgan fingerprint density at radius 3 is 2.61 bits per heavy atom. The monoisotopic (exact) mass is 250 g/mol. The fraction of sp³-hybridized carbons (Fsp3) is 0. The van der Waals surface area contributed by atoms with E-state index in [1.165, 1.54) is 12.3 Å². The molecule has 2 aromatic rings. The van der Waals surface area contributed by atoms with Crippen molar-refractivity contribution in [2.24, 2.45) is 0 Å². The fourth-order valence-electron chi connectivity index (χ4n) is 1.22. The van der Waals surface area contributed by atoms with Crippen LogP contribution in [0.4, 0.5) is 24.8 Å². The lowest BCUT2D eigenvalue weighted by Gasteiger charge is -2.06. The second-order valence-corrected chi connectivity index (χ2v) is 3.23. The highest BCUT2D eigenvalue weighted by Gasteiger charge is 2.14. The van der Waals surface area contributed by atoms with Crippen LogP contribution in [0.2, 0.25) is 0 Å². The minimum Gasteiger partial charge on any atom is -0.322 e. The predicted molar refractivity (Wildman–Crippen MR) is 56.3 cm³/mol. The molecular weight excluding hydrogens is 245 g/mol. The zero-order valence-electron chi connectivity index (χ0n) is 8.78. The van der Waals surface area contributed by atoms with E-state index in [2.05, 4.69) is 15.3 Å². The Hall–Kier alpha value is -2.62. The Bertz CT molecular complexity index is 637. The van der Waals surface area contributed by atoms with E-state index in [9.17, 15) is 13.2 Å². The van der Waals surface area contributed by atoms with Gasteiger partial charge >= 0.3 is 0 Å². The van der Waals surface area contributed by atoms with Crippen molar-refractivity contribution >= 4 is 11.6 Å². The van der Waals surface area contributed by atoms with Gasteiger partial charge in [-0.2, -0.15) is 5.26 Å². The van der Waals surface area contributed by atoms with E-state index in [-0.39, 0.29) is 17.3 Å². The number of nitrogens with one attached hydrogen (secondary N) is 1. The smallest absolute Gasteiger partial charge is 0.228 e. The minimum atomic E-state index is -1.59. The lowest BCUT2D eigenvalue weighted by molar-refractivity contribution is 0.449. The molecule has 90 valence electrons. The molecule has 0 aliphatic heterocycles. The molecule has 0 amide bonds. The van der Waals surface area contributed by atoms with Gasteiger partial charge in [-0.15, -0.1) is 0 Å². The van der Waals surface area contributed by atoms with Crippen molar-refractivity contribution in [3.8, 4) is 6.07 Å². The Morgan fingerprint density at radius 2 is 1.89 bits per heavy atom. The maximum atomic E-state index is 13.3. The molecule has 0 aliphatic carbocycles. The van der Waals surface area contributed by atoms with E-state index < -0.39 is 17.5 Å². The van der Waals surface area contributed by atoms with Gasteiger partial charge < -0.3 is 5.32 Å². The van der Waals surface area contributed by atoms with E-state index in [0.29, 0.717) is 0 Å². The predicted octanol–water partition coefficient (Wildman–Crippen LogP) is 2.51. The van der Waals surface area contributed by atoms with Crippen LogP contribution in [0.25, 0.3) is 0 Å². The second-order valence-electron chi connectivity index (χ2n) is 3.23. The molecule has 18 heavy (non-hydrogen) atoms. The van der Waals surface area contributed by atoms with Gasteiger partial charge in [-0.25, -0.2) is 23.1 Å². The summed E-state index contributed by atoms with van der Waals surface area (Å²) in [6, 6.07) is 4.91. The molecule has 0 aliphatic rings. The van der Waals surface area contributed by atoms with Gasteiger partial charge in [-0.3, -0.25) is 0 Å². The van der Waals surface area contributed by atoms with Gasteiger partial charge in [0, 0.05) is 6.20 Å². The Balaban J connectivity index is 2.35. The molecule has 1 aromatic heterocycles. The van der Waals surface area contributed by atoms with E-state index in [1.807, 2.05) is 0 Å². The number of hydrogen-bond donors (Lipinski definition) is 1. The number of aromatic nitrogens is 2. The van der Waals surface area contributed by atoms with E-state index in [1.54, 1.807) is 6.07 Å². The quantitative estimate of drug-likeness (QED) is 0.832. The van der Waals surface area contributed by atoms with Crippen molar-refractivity contribution in [1.29, 1.82) is 5.26 Å².